The highest BCUT2D eigenvalue weighted by Gasteiger charge is 2.09. The van der Waals surface area contributed by atoms with Gasteiger partial charge in [-0.2, -0.15) is 5.10 Å². The van der Waals surface area contributed by atoms with Crippen LogP contribution in [0.2, 0.25) is 0 Å². The Balaban J connectivity index is 2.35. The number of hydrogen-bond donors (Lipinski definition) is 2. The van der Waals surface area contributed by atoms with Crippen molar-refractivity contribution < 1.29 is 0 Å². The highest BCUT2D eigenvalue weighted by Crippen LogP contribution is 2.09. The molecule has 0 saturated carbocycles. The maximum Gasteiger partial charge on any atom is 0.186 e. The van der Waals surface area contributed by atoms with Crippen LogP contribution in [0.3, 0.4) is 0 Å². The monoisotopic (exact) mass is 298 g/mol. The van der Waals surface area contributed by atoms with Gasteiger partial charge in [-0.1, -0.05) is 36.4 Å². The number of hydrazone groups is 1. The van der Waals surface area contributed by atoms with E-state index < -0.39 is 0 Å². The van der Waals surface area contributed by atoms with Crippen LogP contribution in [0, 0.1) is 6.92 Å². The maximum absolute atomic E-state index is 5.15. The number of nitrogens with one attached hydrogen (secondary N) is 2. The van der Waals surface area contributed by atoms with Crippen molar-refractivity contribution in [3.63, 3.8) is 0 Å². The number of hydrogen-bond acceptors (Lipinski definition) is 3. The summed E-state index contributed by atoms with van der Waals surface area (Å²) in [6.07, 6.45) is 0. The van der Waals surface area contributed by atoms with Crippen molar-refractivity contribution in [1.82, 2.24) is 15.7 Å². The van der Waals surface area contributed by atoms with Crippen LogP contribution in [0.4, 0.5) is 0 Å². The maximum atomic E-state index is 5.15. The standard InChI is InChI=1S/C16H18N4S/c1-3-17-16(21)20-19-15(13-9-5-4-6-10-13)14-11-7-8-12(2)18-14/h4-11H,3H2,1-2H3,(H2,17,20,21)/b19-15-. The molecule has 21 heavy (non-hydrogen) atoms. The fourth-order valence-corrected chi connectivity index (χ4v) is 2.04. The summed E-state index contributed by atoms with van der Waals surface area (Å²) in [5, 5.41) is 7.93. The Kier molecular flexibility index (Phi) is 5.40. The molecule has 0 bridgehead atoms. The van der Waals surface area contributed by atoms with Crippen molar-refractivity contribution in [1.29, 1.82) is 0 Å². The van der Waals surface area contributed by atoms with E-state index in [9.17, 15) is 0 Å². The Morgan fingerprint density at radius 2 is 1.90 bits per heavy atom. The highest BCUT2D eigenvalue weighted by atomic mass is 32.1. The Morgan fingerprint density at radius 3 is 2.57 bits per heavy atom. The van der Waals surface area contributed by atoms with Crippen molar-refractivity contribution in [2.24, 2.45) is 5.10 Å². The minimum absolute atomic E-state index is 0.499. The summed E-state index contributed by atoms with van der Waals surface area (Å²) in [7, 11) is 0. The van der Waals surface area contributed by atoms with Gasteiger partial charge in [0, 0.05) is 17.8 Å². The van der Waals surface area contributed by atoms with Gasteiger partial charge in [-0.05, 0) is 38.2 Å². The second kappa shape index (κ2) is 7.50. The molecule has 0 aliphatic heterocycles. The summed E-state index contributed by atoms with van der Waals surface area (Å²) in [5.74, 6) is 0. The highest BCUT2D eigenvalue weighted by molar-refractivity contribution is 7.80. The van der Waals surface area contributed by atoms with Gasteiger partial charge in [0.1, 0.15) is 5.71 Å². The Morgan fingerprint density at radius 1 is 1.14 bits per heavy atom. The van der Waals surface area contributed by atoms with Crippen LogP contribution in [0.1, 0.15) is 23.9 Å². The lowest BCUT2D eigenvalue weighted by Crippen LogP contribution is -2.32. The summed E-state index contributed by atoms with van der Waals surface area (Å²) < 4.78 is 0. The van der Waals surface area contributed by atoms with Gasteiger partial charge in [0.25, 0.3) is 0 Å². The van der Waals surface area contributed by atoms with Gasteiger partial charge in [-0.15, -0.1) is 0 Å². The van der Waals surface area contributed by atoms with Gasteiger partial charge in [0.15, 0.2) is 5.11 Å². The number of rotatable bonds is 4. The number of aryl methyl sites for hydroxylation is 1. The van der Waals surface area contributed by atoms with Crippen molar-refractivity contribution in [2.45, 2.75) is 13.8 Å². The smallest absolute Gasteiger partial charge is 0.186 e. The first-order valence-corrected chi connectivity index (χ1v) is 7.22. The molecule has 0 aliphatic carbocycles. The fraction of sp³-hybridized carbons (Fsp3) is 0.188. The predicted octanol–water partition coefficient (Wildman–Crippen LogP) is 2.63. The fourth-order valence-electron chi connectivity index (χ4n) is 1.85. The molecular weight excluding hydrogens is 280 g/mol. The van der Waals surface area contributed by atoms with Crippen LogP contribution in [0.25, 0.3) is 0 Å². The molecule has 0 fully saturated rings. The molecule has 5 heteroatoms. The molecular formula is C16H18N4S. The molecule has 0 radical (unpaired) electrons. The lowest BCUT2D eigenvalue weighted by atomic mass is 10.1. The summed E-state index contributed by atoms with van der Waals surface area (Å²) in [5.41, 5.74) is 6.38. The zero-order chi connectivity index (χ0) is 15.1. The third-order valence-electron chi connectivity index (χ3n) is 2.78. The van der Waals surface area contributed by atoms with Gasteiger partial charge in [-0.3, -0.25) is 10.4 Å². The van der Waals surface area contributed by atoms with Gasteiger partial charge in [-0.25, -0.2) is 0 Å². The summed E-state index contributed by atoms with van der Waals surface area (Å²) in [6, 6.07) is 15.8. The van der Waals surface area contributed by atoms with Crippen LogP contribution in [0.5, 0.6) is 0 Å². The summed E-state index contributed by atoms with van der Waals surface area (Å²) >= 11 is 5.15. The quantitative estimate of drug-likeness (QED) is 0.517. The van der Waals surface area contributed by atoms with Gasteiger partial charge in [0.05, 0.1) is 5.69 Å². The number of thiocarbonyl (C=S) groups is 1. The Labute approximate surface area is 130 Å². The topological polar surface area (TPSA) is 49.3 Å². The van der Waals surface area contributed by atoms with Crippen LogP contribution in [-0.2, 0) is 0 Å². The molecule has 1 aromatic carbocycles. The average molecular weight is 298 g/mol. The molecule has 0 spiro atoms. The van der Waals surface area contributed by atoms with E-state index in [2.05, 4.69) is 20.8 Å². The molecule has 1 aromatic heterocycles. The zero-order valence-corrected chi connectivity index (χ0v) is 12.9. The number of pyridine rings is 1. The normalized spacial score (nSPS) is 11.0. The van der Waals surface area contributed by atoms with Crippen LogP contribution in [-0.4, -0.2) is 22.4 Å². The van der Waals surface area contributed by atoms with Crippen LogP contribution < -0.4 is 10.7 Å². The molecule has 2 rings (SSSR count). The average Bonchev–Trinajstić information content (AvgIpc) is 2.49. The molecule has 0 amide bonds. The second-order valence-electron chi connectivity index (χ2n) is 4.46. The van der Waals surface area contributed by atoms with Gasteiger partial charge in [0.2, 0.25) is 0 Å². The third-order valence-corrected chi connectivity index (χ3v) is 3.02. The molecule has 0 aliphatic rings. The Bertz CT molecular complexity index is 638. The van der Waals surface area contributed by atoms with Gasteiger partial charge >= 0.3 is 0 Å². The van der Waals surface area contributed by atoms with Crippen LogP contribution in [0.15, 0.2) is 53.6 Å². The third kappa shape index (κ3) is 4.36. The van der Waals surface area contributed by atoms with E-state index in [1.165, 1.54) is 0 Å². The summed E-state index contributed by atoms with van der Waals surface area (Å²) in [4.78, 5) is 4.54. The van der Waals surface area contributed by atoms with Crippen molar-refractivity contribution in [3.8, 4) is 0 Å². The molecule has 108 valence electrons. The number of benzene rings is 1. The molecule has 2 aromatic rings. The van der Waals surface area contributed by atoms with E-state index in [4.69, 9.17) is 12.2 Å². The SMILES string of the molecule is CCNC(=S)N/N=C(/c1ccccc1)c1cccc(C)n1. The van der Waals surface area contributed by atoms with E-state index in [-0.39, 0.29) is 0 Å². The van der Waals surface area contributed by atoms with E-state index in [0.717, 1.165) is 29.2 Å². The molecule has 1 heterocycles. The van der Waals surface area contributed by atoms with E-state index in [1.54, 1.807) is 0 Å². The van der Waals surface area contributed by atoms with Crippen molar-refractivity contribution in [2.75, 3.05) is 6.54 Å². The first-order valence-electron chi connectivity index (χ1n) is 6.81. The van der Waals surface area contributed by atoms with Crippen molar-refractivity contribution >= 4 is 23.0 Å². The molecule has 0 saturated heterocycles. The number of aromatic nitrogens is 1. The first kappa shape index (κ1) is 15.1. The first-order chi connectivity index (χ1) is 10.2. The molecule has 4 nitrogen and oxygen atoms in total. The molecule has 0 atom stereocenters. The molecule has 0 unspecified atom stereocenters. The minimum atomic E-state index is 0.499. The van der Waals surface area contributed by atoms with E-state index in [0.29, 0.717) is 5.11 Å². The second-order valence-corrected chi connectivity index (χ2v) is 4.87. The number of nitrogens with zero attached hydrogens (tertiary/aromatic N) is 2. The minimum Gasteiger partial charge on any atom is -0.362 e. The lowest BCUT2D eigenvalue weighted by Gasteiger charge is -2.09. The molecule has 2 N–H and O–H groups in total. The predicted molar refractivity (Wildman–Crippen MR) is 90.5 cm³/mol. The summed E-state index contributed by atoms with van der Waals surface area (Å²) in [6.45, 7) is 4.70. The van der Waals surface area contributed by atoms with E-state index in [1.807, 2.05) is 62.4 Å². The van der Waals surface area contributed by atoms with Gasteiger partial charge < -0.3 is 5.32 Å². The van der Waals surface area contributed by atoms with Crippen molar-refractivity contribution in [3.05, 3.63) is 65.5 Å². The Hall–Kier alpha value is -2.27. The largest absolute Gasteiger partial charge is 0.362 e. The lowest BCUT2D eigenvalue weighted by molar-refractivity contribution is 0.900. The van der Waals surface area contributed by atoms with Crippen LogP contribution >= 0.6 is 12.2 Å². The van der Waals surface area contributed by atoms with E-state index >= 15 is 0 Å². The zero-order valence-electron chi connectivity index (χ0n) is 12.1.